The van der Waals surface area contributed by atoms with Gasteiger partial charge in [-0.25, -0.2) is 0 Å². The Morgan fingerprint density at radius 3 is 2.39 bits per heavy atom. The lowest BCUT2D eigenvalue weighted by Gasteiger charge is -2.38. The van der Waals surface area contributed by atoms with Crippen LogP contribution in [0.25, 0.3) is 11.3 Å². The van der Waals surface area contributed by atoms with E-state index in [2.05, 4.69) is 48.5 Å². The quantitative estimate of drug-likeness (QED) is 0.318. The molecule has 0 N–H and O–H groups in total. The summed E-state index contributed by atoms with van der Waals surface area (Å²) in [6, 6.07) is 21.7. The molecular weight excluding hydrogens is 455 g/mol. The van der Waals surface area contributed by atoms with E-state index in [1.807, 2.05) is 17.0 Å². The van der Waals surface area contributed by atoms with Crippen molar-refractivity contribution in [1.29, 1.82) is 0 Å². The molecule has 0 fully saturated rings. The fourth-order valence-corrected chi connectivity index (χ4v) is 5.13. The number of nitrogens with zero attached hydrogens (tertiary/aromatic N) is 2. The summed E-state index contributed by atoms with van der Waals surface area (Å²) in [5.74, 6) is 0.285. The van der Waals surface area contributed by atoms with Gasteiger partial charge in [-0.3, -0.25) is 4.79 Å². The van der Waals surface area contributed by atoms with Crippen LogP contribution in [0, 0.1) is 13.8 Å². The van der Waals surface area contributed by atoms with Crippen molar-refractivity contribution in [2.24, 2.45) is 0 Å². The minimum Gasteiger partial charge on any atom is -0.360 e. The molecule has 0 radical (unpaired) electrons. The second-order valence-corrected chi connectivity index (χ2v) is 9.13. The first kappa shape index (κ1) is 21.7. The second-order valence-electron chi connectivity index (χ2n) is 8.32. The van der Waals surface area contributed by atoms with Crippen molar-refractivity contribution in [3.63, 3.8) is 0 Å². The van der Waals surface area contributed by atoms with Crippen LogP contribution in [0.2, 0.25) is 10.0 Å². The Morgan fingerprint density at radius 2 is 1.67 bits per heavy atom. The first-order chi connectivity index (χ1) is 16.0. The summed E-state index contributed by atoms with van der Waals surface area (Å²) in [5, 5.41) is 5.03. The average Bonchev–Trinajstić information content (AvgIpc) is 3.19. The van der Waals surface area contributed by atoms with E-state index in [1.54, 1.807) is 25.1 Å². The molecule has 1 aromatic heterocycles. The summed E-state index contributed by atoms with van der Waals surface area (Å²) in [7, 11) is 0. The molecule has 0 unspecified atom stereocenters. The standard InChI is InChI=1S/C27H22Cl2N2O2/c1-16-10-12-19(13-11-16)26-20-7-4-3-6-18(20)14-15-31(26)27(32)23-17(2)33-30-25(23)24-21(28)8-5-9-22(24)29/h3-13,26H,14-15H2,1-2H3/t26-/m1/s1. The van der Waals surface area contributed by atoms with Crippen LogP contribution in [-0.2, 0) is 6.42 Å². The average molecular weight is 477 g/mol. The van der Waals surface area contributed by atoms with Gasteiger partial charge in [0, 0.05) is 12.1 Å². The fourth-order valence-electron chi connectivity index (χ4n) is 4.56. The summed E-state index contributed by atoms with van der Waals surface area (Å²) in [6.45, 7) is 4.38. The number of benzene rings is 3. The third kappa shape index (κ3) is 3.84. The molecular formula is C27H22Cl2N2O2. The van der Waals surface area contributed by atoms with Gasteiger partial charge in [0.2, 0.25) is 0 Å². The lowest BCUT2D eigenvalue weighted by molar-refractivity contribution is 0.0693. The van der Waals surface area contributed by atoms with Crippen molar-refractivity contribution in [3.8, 4) is 11.3 Å². The molecule has 1 atom stereocenters. The molecule has 1 amide bonds. The van der Waals surface area contributed by atoms with Gasteiger partial charge in [-0.15, -0.1) is 0 Å². The lowest BCUT2D eigenvalue weighted by Crippen LogP contribution is -2.41. The van der Waals surface area contributed by atoms with Crippen LogP contribution in [0.4, 0.5) is 0 Å². The maximum Gasteiger partial charge on any atom is 0.260 e. The predicted molar refractivity (Wildman–Crippen MR) is 131 cm³/mol. The van der Waals surface area contributed by atoms with Gasteiger partial charge in [0.25, 0.3) is 5.91 Å². The summed E-state index contributed by atoms with van der Waals surface area (Å²) in [6.07, 6.45) is 0.775. The number of aryl methyl sites for hydroxylation is 2. The molecule has 0 bridgehead atoms. The summed E-state index contributed by atoms with van der Waals surface area (Å²) in [4.78, 5) is 16.0. The van der Waals surface area contributed by atoms with Crippen molar-refractivity contribution >= 4 is 29.1 Å². The Hall–Kier alpha value is -3.08. The van der Waals surface area contributed by atoms with E-state index in [1.165, 1.54) is 11.1 Å². The van der Waals surface area contributed by atoms with Gasteiger partial charge in [-0.1, -0.05) is 88.5 Å². The highest BCUT2D eigenvalue weighted by atomic mass is 35.5. The molecule has 0 spiro atoms. The monoisotopic (exact) mass is 476 g/mol. The van der Waals surface area contributed by atoms with Gasteiger partial charge in [0.05, 0.1) is 16.1 Å². The van der Waals surface area contributed by atoms with Crippen LogP contribution in [0.5, 0.6) is 0 Å². The molecule has 0 saturated heterocycles. The van der Waals surface area contributed by atoms with E-state index in [0.717, 1.165) is 17.5 Å². The number of fused-ring (bicyclic) bond motifs is 1. The van der Waals surface area contributed by atoms with Gasteiger partial charge in [-0.05, 0) is 49.1 Å². The highest BCUT2D eigenvalue weighted by molar-refractivity contribution is 6.39. The topological polar surface area (TPSA) is 46.3 Å². The molecule has 6 heteroatoms. The molecule has 5 rings (SSSR count). The van der Waals surface area contributed by atoms with E-state index in [4.69, 9.17) is 27.7 Å². The molecule has 0 aliphatic carbocycles. The van der Waals surface area contributed by atoms with Gasteiger partial charge < -0.3 is 9.42 Å². The third-order valence-electron chi connectivity index (χ3n) is 6.21. The smallest absolute Gasteiger partial charge is 0.260 e. The number of rotatable bonds is 3. The Morgan fingerprint density at radius 1 is 0.970 bits per heavy atom. The maximum atomic E-state index is 14.1. The number of halogens is 2. The van der Waals surface area contributed by atoms with Crippen LogP contribution < -0.4 is 0 Å². The minimum absolute atomic E-state index is 0.153. The molecule has 1 aliphatic rings. The lowest BCUT2D eigenvalue weighted by atomic mass is 9.87. The van der Waals surface area contributed by atoms with E-state index in [0.29, 0.717) is 39.2 Å². The maximum absolute atomic E-state index is 14.1. The number of hydrogen-bond donors (Lipinski definition) is 0. The van der Waals surface area contributed by atoms with Crippen LogP contribution in [0.15, 0.2) is 71.3 Å². The zero-order valence-electron chi connectivity index (χ0n) is 18.3. The molecule has 166 valence electrons. The molecule has 2 heterocycles. The molecule has 3 aromatic carbocycles. The molecule has 0 saturated carbocycles. The van der Waals surface area contributed by atoms with Crippen molar-refractivity contribution in [1.82, 2.24) is 10.1 Å². The van der Waals surface area contributed by atoms with E-state index in [9.17, 15) is 4.79 Å². The third-order valence-corrected chi connectivity index (χ3v) is 6.84. The van der Waals surface area contributed by atoms with Crippen molar-refractivity contribution in [3.05, 3.63) is 110 Å². The Kier molecular flexibility index (Phi) is 5.73. The Bertz CT molecular complexity index is 1320. The van der Waals surface area contributed by atoms with Crippen LogP contribution >= 0.6 is 23.2 Å². The molecule has 4 aromatic rings. The van der Waals surface area contributed by atoms with Crippen LogP contribution in [-0.4, -0.2) is 22.5 Å². The van der Waals surface area contributed by atoms with Crippen LogP contribution in [0.1, 0.15) is 44.4 Å². The minimum atomic E-state index is -0.216. The van der Waals surface area contributed by atoms with Gasteiger partial charge >= 0.3 is 0 Å². The number of amides is 1. The summed E-state index contributed by atoms with van der Waals surface area (Å²) < 4.78 is 5.48. The number of aromatic nitrogens is 1. The van der Waals surface area contributed by atoms with Gasteiger partial charge in [-0.2, -0.15) is 0 Å². The second kappa shape index (κ2) is 8.69. The predicted octanol–water partition coefficient (Wildman–Crippen LogP) is 7.05. The number of hydrogen-bond acceptors (Lipinski definition) is 3. The highest BCUT2D eigenvalue weighted by Gasteiger charge is 2.36. The zero-order chi connectivity index (χ0) is 23.1. The zero-order valence-corrected chi connectivity index (χ0v) is 19.8. The molecule has 1 aliphatic heterocycles. The number of carbonyl (C=O) groups excluding carboxylic acids is 1. The first-order valence-corrected chi connectivity index (χ1v) is 11.6. The van der Waals surface area contributed by atoms with Crippen molar-refractivity contribution in [2.45, 2.75) is 26.3 Å². The SMILES string of the molecule is Cc1ccc([C@@H]2c3ccccc3CCN2C(=O)c2c(-c3c(Cl)cccc3Cl)noc2C)cc1. The normalized spacial score (nSPS) is 15.4. The Balaban J connectivity index is 1.64. The summed E-state index contributed by atoms with van der Waals surface area (Å²) >= 11 is 12.9. The van der Waals surface area contributed by atoms with E-state index < -0.39 is 0 Å². The van der Waals surface area contributed by atoms with Gasteiger partial charge in [0.15, 0.2) is 0 Å². The van der Waals surface area contributed by atoms with Gasteiger partial charge in [0.1, 0.15) is 17.0 Å². The Labute approximate surface area is 202 Å². The van der Waals surface area contributed by atoms with Crippen molar-refractivity contribution < 1.29 is 9.32 Å². The van der Waals surface area contributed by atoms with E-state index in [-0.39, 0.29) is 11.9 Å². The van der Waals surface area contributed by atoms with E-state index >= 15 is 0 Å². The number of carbonyl (C=O) groups is 1. The van der Waals surface area contributed by atoms with Crippen LogP contribution in [0.3, 0.4) is 0 Å². The highest BCUT2D eigenvalue weighted by Crippen LogP contribution is 2.40. The fraction of sp³-hybridized carbons (Fsp3) is 0.185. The largest absolute Gasteiger partial charge is 0.360 e. The first-order valence-electron chi connectivity index (χ1n) is 10.8. The summed E-state index contributed by atoms with van der Waals surface area (Å²) in [5.41, 5.74) is 5.89. The molecule has 4 nitrogen and oxygen atoms in total. The van der Waals surface area contributed by atoms with Crippen molar-refractivity contribution in [2.75, 3.05) is 6.54 Å². The molecule has 33 heavy (non-hydrogen) atoms.